The van der Waals surface area contributed by atoms with Gasteiger partial charge >= 0.3 is 0 Å². The number of anilines is 1. The van der Waals surface area contributed by atoms with Crippen molar-refractivity contribution in [2.45, 2.75) is 6.61 Å². The molecule has 0 aliphatic carbocycles. The number of methoxy groups -OCH3 is 1. The Kier molecular flexibility index (Phi) is 5.47. The molecule has 25 heavy (non-hydrogen) atoms. The summed E-state index contributed by atoms with van der Waals surface area (Å²) >= 11 is 7.27. The van der Waals surface area contributed by atoms with Gasteiger partial charge in [0.1, 0.15) is 18.1 Å². The molecule has 8 heteroatoms. The lowest BCUT2D eigenvalue weighted by molar-refractivity contribution is 0.102. The minimum absolute atomic E-state index is 0.219. The van der Waals surface area contributed by atoms with Crippen LogP contribution in [-0.4, -0.2) is 23.2 Å². The van der Waals surface area contributed by atoms with Gasteiger partial charge in [0.15, 0.2) is 5.01 Å². The minimum atomic E-state index is -0.284. The fraction of sp³-hybridized carbons (Fsp3) is 0.118. The molecule has 2 aromatic carbocycles. The van der Waals surface area contributed by atoms with Crippen LogP contribution in [0.2, 0.25) is 5.02 Å². The van der Waals surface area contributed by atoms with Crippen molar-refractivity contribution >= 4 is 34.0 Å². The quantitative estimate of drug-likeness (QED) is 0.704. The van der Waals surface area contributed by atoms with Crippen molar-refractivity contribution in [3.05, 3.63) is 64.1 Å². The van der Waals surface area contributed by atoms with Crippen molar-refractivity contribution in [1.82, 2.24) is 10.2 Å². The Labute approximate surface area is 153 Å². The molecule has 128 valence electrons. The molecule has 1 aromatic heterocycles. The first kappa shape index (κ1) is 17.2. The fourth-order valence-electron chi connectivity index (χ4n) is 2.00. The topological polar surface area (TPSA) is 73.3 Å². The molecule has 0 aliphatic heterocycles. The van der Waals surface area contributed by atoms with Crippen LogP contribution < -0.4 is 14.8 Å². The van der Waals surface area contributed by atoms with Crippen LogP contribution in [0.15, 0.2) is 48.5 Å². The number of rotatable bonds is 6. The highest BCUT2D eigenvalue weighted by atomic mass is 35.5. The molecule has 6 nitrogen and oxygen atoms in total. The summed E-state index contributed by atoms with van der Waals surface area (Å²) in [6.07, 6.45) is 0. The average molecular weight is 376 g/mol. The first-order valence-corrected chi connectivity index (χ1v) is 8.50. The number of nitrogens with one attached hydrogen (secondary N) is 1. The Bertz CT molecular complexity index is 885. The van der Waals surface area contributed by atoms with E-state index in [1.165, 1.54) is 11.3 Å². The highest BCUT2D eigenvalue weighted by Crippen LogP contribution is 2.25. The number of para-hydroxylation sites is 1. The van der Waals surface area contributed by atoms with Crippen LogP contribution in [0.1, 0.15) is 15.4 Å². The molecule has 0 unspecified atom stereocenters. The number of hydrogen-bond acceptors (Lipinski definition) is 6. The molecule has 3 aromatic rings. The van der Waals surface area contributed by atoms with Gasteiger partial charge in [-0.1, -0.05) is 41.1 Å². The summed E-state index contributed by atoms with van der Waals surface area (Å²) in [4.78, 5) is 12.2. The van der Waals surface area contributed by atoms with Crippen molar-refractivity contribution in [3.8, 4) is 11.5 Å². The molecule has 0 bridgehead atoms. The number of nitrogens with zero attached hydrogens (tertiary/aromatic N) is 2. The van der Waals surface area contributed by atoms with E-state index in [2.05, 4.69) is 15.5 Å². The van der Waals surface area contributed by atoms with Crippen LogP contribution in [0.3, 0.4) is 0 Å². The molecule has 0 radical (unpaired) electrons. The van der Waals surface area contributed by atoms with Gasteiger partial charge in [-0.3, -0.25) is 10.1 Å². The predicted molar refractivity (Wildman–Crippen MR) is 96.6 cm³/mol. The third kappa shape index (κ3) is 4.46. The van der Waals surface area contributed by atoms with Crippen LogP contribution in [0.5, 0.6) is 11.5 Å². The third-order valence-electron chi connectivity index (χ3n) is 3.21. The lowest BCUT2D eigenvalue weighted by Gasteiger charge is -2.05. The molecule has 1 amide bonds. The molecule has 0 saturated carbocycles. The first-order valence-electron chi connectivity index (χ1n) is 7.31. The van der Waals surface area contributed by atoms with Crippen molar-refractivity contribution in [2.75, 3.05) is 12.4 Å². The minimum Gasteiger partial charge on any atom is -0.497 e. The van der Waals surface area contributed by atoms with E-state index in [1.807, 2.05) is 12.1 Å². The van der Waals surface area contributed by atoms with Crippen molar-refractivity contribution in [1.29, 1.82) is 0 Å². The molecule has 1 heterocycles. The number of amides is 1. The normalized spacial score (nSPS) is 10.3. The van der Waals surface area contributed by atoms with Gasteiger partial charge in [0.25, 0.3) is 5.91 Å². The average Bonchev–Trinajstić information content (AvgIpc) is 3.08. The smallest absolute Gasteiger partial charge is 0.257 e. The molecule has 3 rings (SSSR count). The largest absolute Gasteiger partial charge is 0.497 e. The molecular weight excluding hydrogens is 362 g/mol. The number of ether oxygens (including phenoxy) is 2. The lowest BCUT2D eigenvalue weighted by atomic mass is 10.2. The van der Waals surface area contributed by atoms with Crippen LogP contribution >= 0.6 is 22.9 Å². The molecule has 0 fully saturated rings. The first-order chi connectivity index (χ1) is 12.2. The molecule has 0 saturated heterocycles. The van der Waals surface area contributed by atoms with E-state index < -0.39 is 0 Å². The second-order valence-electron chi connectivity index (χ2n) is 4.91. The highest BCUT2D eigenvalue weighted by Gasteiger charge is 2.11. The predicted octanol–water partition coefficient (Wildman–Crippen LogP) is 4.03. The molecule has 1 N–H and O–H groups in total. The maximum absolute atomic E-state index is 12.2. The van der Waals surface area contributed by atoms with Gasteiger partial charge in [0.2, 0.25) is 5.13 Å². The highest BCUT2D eigenvalue weighted by molar-refractivity contribution is 7.15. The standard InChI is InChI=1S/C17H14ClN3O3S/c1-23-12-6-4-5-11(9-12)16(22)19-17-21-20-15(25-17)10-24-14-8-3-2-7-13(14)18/h2-9H,10H2,1H3,(H,19,21,22). The zero-order chi connectivity index (χ0) is 17.6. The Morgan fingerprint density at radius 3 is 2.84 bits per heavy atom. The molecular formula is C17H14ClN3O3S. The van der Waals surface area contributed by atoms with Gasteiger partial charge in [-0.05, 0) is 30.3 Å². The third-order valence-corrected chi connectivity index (χ3v) is 4.33. The van der Waals surface area contributed by atoms with Crippen LogP contribution in [0.25, 0.3) is 0 Å². The van der Waals surface area contributed by atoms with Crippen molar-refractivity contribution < 1.29 is 14.3 Å². The maximum atomic E-state index is 12.2. The van der Waals surface area contributed by atoms with Crippen molar-refractivity contribution in [3.63, 3.8) is 0 Å². The molecule has 0 atom stereocenters. The zero-order valence-corrected chi connectivity index (χ0v) is 14.8. The Balaban J connectivity index is 1.61. The summed E-state index contributed by atoms with van der Waals surface area (Å²) in [7, 11) is 1.55. The van der Waals surface area contributed by atoms with Crippen LogP contribution in [0.4, 0.5) is 5.13 Å². The van der Waals surface area contributed by atoms with Gasteiger partial charge in [0, 0.05) is 5.56 Å². The van der Waals surface area contributed by atoms with E-state index in [1.54, 1.807) is 43.5 Å². The summed E-state index contributed by atoms with van der Waals surface area (Å²) in [5.41, 5.74) is 0.475. The van der Waals surface area contributed by atoms with Gasteiger partial charge < -0.3 is 9.47 Å². The van der Waals surface area contributed by atoms with E-state index in [9.17, 15) is 4.79 Å². The van der Waals surface area contributed by atoms with Gasteiger partial charge in [0.05, 0.1) is 12.1 Å². The van der Waals surface area contributed by atoms with Crippen LogP contribution in [0, 0.1) is 0 Å². The summed E-state index contributed by atoms with van der Waals surface area (Å²) < 4.78 is 10.7. The lowest BCUT2D eigenvalue weighted by Crippen LogP contribution is -2.11. The Hall–Kier alpha value is -2.64. The summed E-state index contributed by atoms with van der Waals surface area (Å²) in [5.74, 6) is 0.897. The van der Waals surface area contributed by atoms with E-state index in [-0.39, 0.29) is 12.5 Å². The maximum Gasteiger partial charge on any atom is 0.257 e. The van der Waals surface area contributed by atoms with Crippen molar-refractivity contribution in [2.24, 2.45) is 0 Å². The SMILES string of the molecule is COc1cccc(C(=O)Nc2nnc(COc3ccccc3Cl)s2)c1. The number of hydrogen-bond donors (Lipinski definition) is 1. The number of aromatic nitrogens is 2. The van der Waals surface area contributed by atoms with Gasteiger partial charge in [-0.2, -0.15) is 0 Å². The number of carbonyl (C=O) groups is 1. The second-order valence-corrected chi connectivity index (χ2v) is 6.38. The van der Waals surface area contributed by atoms with E-state index in [0.29, 0.717) is 32.2 Å². The van der Waals surface area contributed by atoms with E-state index in [4.69, 9.17) is 21.1 Å². The molecule has 0 spiro atoms. The second kappa shape index (κ2) is 7.96. The summed E-state index contributed by atoms with van der Waals surface area (Å²) in [6.45, 7) is 0.219. The Morgan fingerprint density at radius 1 is 1.20 bits per heavy atom. The zero-order valence-electron chi connectivity index (χ0n) is 13.2. The number of benzene rings is 2. The monoisotopic (exact) mass is 375 g/mol. The number of carbonyl (C=O) groups excluding carboxylic acids is 1. The Morgan fingerprint density at radius 2 is 2.04 bits per heavy atom. The fourth-order valence-corrected chi connectivity index (χ4v) is 2.84. The summed E-state index contributed by atoms with van der Waals surface area (Å²) in [5, 5.41) is 12.2. The summed E-state index contributed by atoms with van der Waals surface area (Å²) in [6, 6.07) is 14.0. The van der Waals surface area contributed by atoms with Gasteiger partial charge in [-0.15, -0.1) is 10.2 Å². The van der Waals surface area contributed by atoms with E-state index in [0.717, 1.165) is 0 Å². The molecule has 0 aliphatic rings. The van der Waals surface area contributed by atoms with Gasteiger partial charge in [-0.25, -0.2) is 0 Å². The van der Waals surface area contributed by atoms with E-state index >= 15 is 0 Å². The van der Waals surface area contributed by atoms with Crippen LogP contribution in [-0.2, 0) is 6.61 Å². The number of halogens is 1.